The molecular weight excluding hydrogens is 202 g/mol. The summed E-state index contributed by atoms with van der Waals surface area (Å²) in [5, 5.41) is 8.83. The number of hydrogen-bond donors (Lipinski definition) is 1. The average Bonchev–Trinajstić information content (AvgIpc) is 2.34. The first-order valence-corrected chi connectivity index (χ1v) is 5.88. The number of nitrogens with zero attached hydrogens (tertiary/aromatic N) is 1. The number of aliphatic hydroxyl groups is 1. The minimum Gasteiger partial charge on any atom is -0.494 e. The summed E-state index contributed by atoms with van der Waals surface area (Å²) in [6, 6.07) is 9.85. The van der Waals surface area contributed by atoms with Crippen molar-refractivity contribution in [3.8, 4) is 5.75 Å². The Morgan fingerprint density at radius 2 is 1.94 bits per heavy atom. The van der Waals surface area contributed by atoms with Gasteiger partial charge in [0.15, 0.2) is 0 Å². The fraction of sp³-hybridized carbons (Fsp3) is 0.538. The van der Waals surface area contributed by atoms with E-state index in [1.165, 1.54) is 0 Å². The molecule has 0 spiro atoms. The smallest absolute Gasteiger partial charge is 0.119 e. The molecule has 0 saturated carbocycles. The first-order chi connectivity index (χ1) is 7.86. The molecule has 0 amide bonds. The molecule has 3 heteroatoms. The summed E-state index contributed by atoms with van der Waals surface area (Å²) in [6.07, 6.45) is 0.989. The molecule has 16 heavy (non-hydrogen) atoms. The largest absolute Gasteiger partial charge is 0.494 e. The van der Waals surface area contributed by atoms with Crippen LogP contribution in [0.4, 0.5) is 0 Å². The number of ether oxygens (including phenoxy) is 1. The van der Waals surface area contributed by atoms with E-state index in [2.05, 4.69) is 11.8 Å². The van der Waals surface area contributed by atoms with Crippen LogP contribution in [-0.2, 0) is 0 Å². The molecule has 0 aliphatic carbocycles. The standard InChI is InChI=1S/C13H21NO2/c1-2-14(10-11-15)9-6-12-16-13-7-4-3-5-8-13/h3-5,7-8,15H,2,6,9-12H2,1H3. The Labute approximate surface area is 97.7 Å². The topological polar surface area (TPSA) is 32.7 Å². The monoisotopic (exact) mass is 223 g/mol. The number of benzene rings is 1. The molecule has 0 atom stereocenters. The molecule has 0 aliphatic heterocycles. The van der Waals surface area contributed by atoms with Crippen molar-refractivity contribution in [2.24, 2.45) is 0 Å². The Kier molecular flexibility index (Phi) is 6.61. The van der Waals surface area contributed by atoms with E-state index in [0.29, 0.717) is 0 Å². The first kappa shape index (κ1) is 13.0. The minimum atomic E-state index is 0.230. The third kappa shape index (κ3) is 5.14. The lowest BCUT2D eigenvalue weighted by atomic mass is 10.3. The van der Waals surface area contributed by atoms with E-state index in [4.69, 9.17) is 9.84 Å². The maximum absolute atomic E-state index is 8.83. The molecule has 1 N–H and O–H groups in total. The molecule has 0 unspecified atom stereocenters. The second-order valence-electron chi connectivity index (χ2n) is 3.67. The zero-order chi connectivity index (χ0) is 11.6. The van der Waals surface area contributed by atoms with Crippen LogP contribution in [0.25, 0.3) is 0 Å². The zero-order valence-electron chi connectivity index (χ0n) is 9.93. The van der Waals surface area contributed by atoms with Gasteiger partial charge in [0.05, 0.1) is 13.2 Å². The maximum Gasteiger partial charge on any atom is 0.119 e. The minimum absolute atomic E-state index is 0.230. The van der Waals surface area contributed by atoms with Crippen LogP contribution < -0.4 is 4.74 Å². The fourth-order valence-corrected chi connectivity index (χ4v) is 1.56. The van der Waals surface area contributed by atoms with Crippen LogP contribution in [0.5, 0.6) is 5.75 Å². The van der Waals surface area contributed by atoms with Gasteiger partial charge in [-0.25, -0.2) is 0 Å². The molecule has 0 heterocycles. The van der Waals surface area contributed by atoms with Crippen molar-refractivity contribution in [2.75, 3.05) is 32.8 Å². The van der Waals surface area contributed by atoms with E-state index in [1.807, 2.05) is 30.3 Å². The number of para-hydroxylation sites is 1. The van der Waals surface area contributed by atoms with Crippen molar-refractivity contribution in [3.63, 3.8) is 0 Å². The Balaban J connectivity index is 2.11. The van der Waals surface area contributed by atoms with Crippen LogP contribution in [0, 0.1) is 0 Å². The van der Waals surface area contributed by atoms with E-state index in [9.17, 15) is 0 Å². The van der Waals surface area contributed by atoms with Gasteiger partial charge in [-0.15, -0.1) is 0 Å². The van der Waals surface area contributed by atoms with Crippen molar-refractivity contribution in [3.05, 3.63) is 30.3 Å². The Hall–Kier alpha value is -1.06. The van der Waals surface area contributed by atoms with Crippen LogP contribution in [0.3, 0.4) is 0 Å². The number of rotatable bonds is 8. The summed E-state index contributed by atoms with van der Waals surface area (Å²) in [7, 11) is 0. The summed E-state index contributed by atoms with van der Waals surface area (Å²) >= 11 is 0. The van der Waals surface area contributed by atoms with Crippen LogP contribution in [0.2, 0.25) is 0 Å². The molecule has 1 aromatic carbocycles. The number of aliphatic hydroxyl groups excluding tert-OH is 1. The summed E-state index contributed by atoms with van der Waals surface area (Å²) in [4.78, 5) is 2.22. The van der Waals surface area contributed by atoms with E-state index >= 15 is 0 Å². The van der Waals surface area contributed by atoms with Gasteiger partial charge in [0.25, 0.3) is 0 Å². The summed E-state index contributed by atoms with van der Waals surface area (Å²) in [5.74, 6) is 0.924. The highest BCUT2D eigenvalue weighted by molar-refractivity contribution is 5.20. The van der Waals surface area contributed by atoms with Crippen molar-refractivity contribution >= 4 is 0 Å². The van der Waals surface area contributed by atoms with Gasteiger partial charge in [0, 0.05) is 13.1 Å². The molecular formula is C13H21NO2. The molecule has 0 aromatic heterocycles. The zero-order valence-corrected chi connectivity index (χ0v) is 9.93. The molecule has 1 aromatic rings. The van der Waals surface area contributed by atoms with Crippen LogP contribution >= 0.6 is 0 Å². The van der Waals surface area contributed by atoms with Gasteiger partial charge in [-0.1, -0.05) is 25.1 Å². The van der Waals surface area contributed by atoms with Crippen molar-refractivity contribution in [2.45, 2.75) is 13.3 Å². The first-order valence-electron chi connectivity index (χ1n) is 5.88. The lowest BCUT2D eigenvalue weighted by Gasteiger charge is -2.18. The van der Waals surface area contributed by atoms with Crippen LogP contribution in [0.15, 0.2) is 30.3 Å². The molecule has 3 nitrogen and oxygen atoms in total. The highest BCUT2D eigenvalue weighted by atomic mass is 16.5. The van der Waals surface area contributed by atoms with Crippen molar-refractivity contribution in [1.29, 1.82) is 0 Å². The van der Waals surface area contributed by atoms with Crippen LogP contribution in [-0.4, -0.2) is 42.9 Å². The van der Waals surface area contributed by atoms with Crippen molar-refractivity contribution in [1.82, 2.24) is 4.90 Å². The van der Waals surface area contributed by atoms with Gasteiger partial charge in [-0.2, -0.15) is 0 Å². The number of likely N-dealkylation sites (N-methyl/N-ethyl adjacent to an activating group) is 1. The second kappa shape index (κ2) is 8.13. The summed E-state index contributed by atoms with van der Waals surface area (Å²) in [6.45, 7) is 5.77. The summed E-state index contributed by atoms with van der Waals surface area (Å²) < 4.78 is 5.59. The Bertz CT molecular complexity index is 264. The predicted molar refractivity (Wildman–Crippen MR) is 65.8 cm³/mol. The highest BCUT2D eigenvalue weighted by Crippen LogP contribution is 2.08. The van der Waals surface area contributed by atoms with E-state index in [-0.39, 0.29) is 6.61 Å². The van der Waals surface area contributed by atoms with Crippen LogP contribution in [0.1, 0.15) is 13.3 Å². The molecule has 90 valence electrons. The maximum atomic E-state index is 8.83. The molecule has 1 rings (SSSR count). The molecule has 0 aliphatic rings. The third-order valence-corrected chi connectivity index (χ3v) is 2.49. The quantitative estimate of drug-likeness (QED) is 0.682. The molecule has 0 bridgehead atoms. The Morgan fingerprint density at radius 1 is 1.19 bits per heavy atom. The molecule has 0 radical (unpaired) electrons. The van der Waals surface area contributed by atoms with Gasteiger partial charge >= 0.3 is 0 Å². The van der Waals surface area contributed by atoms with Gasteiger partial charge in [-0.3, -0.25) is 0 Å². The van der Waals surface area contributed by atoms with Gasteiger partial charge in [-0.05, 0) is 25.1 Å². The predicted octanol–water partition coefficient (Wildman–Crippen LogP) is 1.77. The van der Waals surface area contributed by atoms with Gasteiger partial charge in [0.2, 0.25) is 0 Å². The van der Waals surface area contributed by atoms with Gasteiger partial charge < -0.3 is 14.7 Å². The van der Waals surface area contributed by atoms with Gasteiger partial charge in [0.1, 0.15) is 5.75 Å². The van der Waals surface area contributed by atoms with E-state index < -0.39 is 0 Å². The highest BCUT2D eigenvalue weighted by Gasteiger charge is 2.00. The second-order valence-corrected chi connectivity index (χ2v) is 3.67. The SMILES string of the molecule is CCN(CCO)CCCOc1ccccc1. The van der Waals surface area contributed by atoms with Crippen molar-refractivity contribution < 1.29 is 9.84 Å². The number of hydrogen-bond acceptors (Lipinski definition) is 3. The third-order valence-electron chi connectivity index (χ3n) is 2.49. The Morgan fingerprint density at radius 3 is 2.56 bits per heavy atom. The van der Waals surface area contributed by atoms with E-state index in [0.717, 1.165) is 38.4 Å². The lowest BCUT2D eigenvalue weighted by Crippen LogP contribution is -2.28. The summed E-state index contributed by atoms with van der Waals surface area (Å²) in [5.41, 5.74) is 0. The average molecular weight is 223 g/mol. The fourth-order valence-electron chi connectivity index (χ4n) is 1.56. The molecule has 0 saturated heterocycles. The normalized spacial score (nSPS) is 10.7. The lowest BCUT2D eigenvalue weighted by molar-refractivity contribution is 0.189. The molecule has 0 fully saturated rings. The van der Waals surface area contributed by atoms with E-state index in [1.54, 1.807) is 0 Å².